The van der Waals surface area contributed by atoms with Crippen LogP contribution in [0.1, 0.15) is 11.4 Å². The fourth-order valence-corrected chi connectivity index (χ4v) is 2.76. The highest BCUT2D eigenvalue weighted by molar-refractivity contribution is 9.08. The van der Waals surface area contributed by atoms with E-state index in [4.69, 9.17) is 0 Å². The number of hydrogen-bond acceptors (Lipinski definition) is 3. The molecule has 2 N–H and O–H groups in total. The number of nitrogens with zero attached hydrogens (tertiary/aromatic N) is 1. The fraction of sp³-hybridized carbons (Fsp3) is 0.182. The molecule has 2 aromatic rings. The third-order valence-corrected chi connectivity index (χ3v) is 4.44. The maximum absolute atomic E-state index is 12.0. The first-order valence-electron chi connectivity index (χ1n) is 5.24. The zero-order valence-electron chi connectivity index (χ0n) is 9.43. The Morgan fingerprint density at radius 1 is 1.28 bits per heavy atom. The molecule has 0 radical (unpaired) electrons. The van der Waals surface area contributed by atoms with Crippen molar-refractivity contribution >= 4 is 26.0 Å². The maximum atomic E-state index is 12.0. The van der Waals surface area contributed by atoms with Crippen LogP contribution in [0.5, 0.6) is 0 Å². The van der Waals surface area contributed by atoms with Crippen molar-refractivity contribution in [1.29, 1.82) is 0 Å². The second-order valence-corrected chi connectivity index (χ2v) is 5.97. The van der Waals surface area contributed by atoms with E-state index in [1.54, 1.807) is 36.7 Å². The van der Waals surface area contributed by atoms with Crippen LogP contribution in [0.15, 0.2) is 41.6 Å². The van der Waals surface area contributed by atoms with Crippen molar-refractivity contribution in [3.05, 3.63) is 48.0 Å². The van der Waals surface area contributed by atoms with E-state index in [-0.39, 0.29) is 11.4 Å². The predicted molar refractivity (Wildman–Crippen MR) is 71.7 cm³/mol. The van der Waals surface area contributed by atoms with Gasteiger partial charge >= 0.3 is 0 Å². The van der Waals surface area contributed by atoms with Crippen LogP contribution in [0.3, 0.4) is 0 Å². The number of nitrogens with one attached hydrogen (secondary N) is 2. The van der Waals surface area contributed by atoms with Crippen molar-refractivity contribution in [1.82, 2.24) is 14.7 Å². The van der Waals surface area contributed by atoms with E-state index in [1.807, 2.05) is 0 Å². The van der Waals surface area contributed by atoms with Gasteiger partial charge in [0.25, 0.3) is 0 Å². The number of rotatable bonds is 5. The Morgan fingerprint density at radius 3 is 2.56 bits per heavy atom. The lowest BCUT2D eigenvalue weighted by Gasteiger charge is -2.05. The average Bonchev–Trinajstić information content (AvgIpc) is 2.90. The van der Waals surface area contributed by atoms with Gasteiger partial charge in [-0.25, -0.2) is 18.1 Å². The van der Waals surface area contributed by atoms with Gasteiger partial charge in [0.1, 0.15) is 5.82 Å². The van der Waals surface area contributed by atoms with Crippen LogP contribution in [0.4, 0.5) is 0 Å². The van der Waals surface area contributed by atoms with Gasteiger partial charge < -0.3 is 4.98 Å². The first-order valence-corrected chi connectivity index (χ1v) is 7.85. The minimum absolute atomic E-state index is 0.148. The van der Waals surface area contributed by atoms with Gasteiger partial charge in [-0.05, 0) is 17.7 Å². The van der Waals surface area contributed by atoms with E-state index in [2.05, 4.69) is 30.6 Å². The number of hydrogen-bond donors (Lipinski definition) is 2. The van der Waals surface area contributed by atoms with Crippen LogP contribution in [0, 0.1) is 0 Å². The summed E-state index contributed by atoms with van der Waals surface area (Å²) < 4.78 is 26.4. The minimum Gasteiger partial charge on any atom is -0.347 e. The smallest absolute Gasteiger partial charge is 0.240 e. The number of aromatic nitrogens is 2. The van der Waals surface area contributed by atoms with Crippen LogP contribution in [0.2, 0.25) is 0 Å². The first-order chi connectivity index (χ1) is 8.62. The molecule has 0 saturated carbocycles. The number of aromatic amines is 1. The largest absolute Gasteiger partial charge is 0.347 e. The highest BCUT2D eigenvalue weighted by atomic mass is 79.9. The molecule has 0 atom stereocenters. The van der Waals surface area contributed by atoms with Crippen molar-refractivity contribution < 1.29 is 8.42 Å². The van der Waals surface area contributed by atoms with E-state index in [1.165, 1.54) is 0 Å². The molecule has 0 aliphatic heterocycles. The fourth-order valence-electron chi connectivity index (χ4n) is 1.40. The monoisotopic (exact) mass is 329 g/mol. The van der Waals surface area contributed by atoms with Gasteiger partial charge in [-0.15, -0.1) is 0 Å². The molecule has 5 nitrogen and oxygen atoms in total. The third-order valence-electron chi connectivity index (χ3n) is 2.37. The molecule has 1 heterocycles. The molecule has 0 spiro atoms. The molecule has 0 aliphatic carbocycles. The molecule has 1 aromatic heterocycles. The van der Waals surface area contributed by atoms with Gasteiger partial charge in [0.2, 0.25) is 10.0 Å². The van der Waals surface area contributed by atoms with E-state index in [0.717, 1.165) is 5.56 Å². The van der Waals surface area contributed by atoms with Gasteiger partial charge in [-0.1, -0.05) is 28.1 Å². The van der Waals surface area contributed by atoms with Crippen molar-refractivity contribution in [2.45, 2.75) is 16.8 Å². The average molecular weight is 330 g/mol. The molecular weight excluding hydrogens is 318 g/mol. The lowest BCUT2D eigenvalue weighted by atomic mass is 10.2. The molecule has 0 unspecified atom stereocenters. The third kappa shape index (κ3) is 3.18. The van der Waals surface area contributed by atoms with Crippen molar-refractivity contribution in [3.63, 3.8) is 0 Å². The molecule has 18 heavy (non-hydrogen) atoms. The Bertz CT molecular complexity index is 594. The number of imidazole rings is 1. The summed E-state index contributed by atoms with van der Waals surface area (Å²) in [6.07, 6.45) is 3.23. The standard InChI is InChI=1S/C11H12BrN3O2S/c12-7-9-1-3-10(4-2-9)18(16,17)15-8-11-13-5-6-14-11/h1-6,15H,7-8H2,(H,13,14). The lowest BCUT2D eigenvalue weighted by molar-refractivity contribution is 0.579. The van der Waals surface area contributed by atoms with E-state index < -0.39 is 10.0 Å². The van der Waals surface area contributed by atoms with Gasteiger partial charge in [0.15, 0.2) is 0 Å². The molecule has 0 fully saturated rings. The SMILES string of the molecule is O=S(=O)(NCc1ncc[nH]1)c1ccc(CBr)cc1. The zero-order valence-corrected chi connectivity index (χ0v) is 11.8. The van der Waals surface area contributed by atoms with Crippen molar-refractivity contribution in [3.8, 4) is 0 Å². The number of H-pyrrole nitrogens is 1. The molecule has 2 rings (SSSR count). The highest BCUT2D eigenvalue weighted by Crippen LogP contribution is 2.12. The number of alkyl halides is 1. The maximum Gasteiger partial charge on any atom is 0.240 e. The van der Waals surface area contributed by atoms with E-state index in [0.29, 0.717) is 11.2 Å². The van der Waals surface area contributed by atoms with Crippen LogP contribution in [0.25, 0.3) is 0 Å². The van der Waals surface area contributed by atoms with Crippen LogP contribution >= 0.6 is 15.9 Å². The van der Waals surface area contributed by atoms with Crippen LogP contribution in [-0.4, -0.2) is 18.4 Å². The Morgan fingerprint density at radius 2 is 2.00 bits per heavy atom. The summed E-state index contributed by atoms with van der Waals surface area (Å²) in [5.41, 5.74) is 1.03. The number of halogens is 1. The van der Waals surface area contributed by atoms with Crippen molar-refractivity contribution in [2.75, 3.05) is 0 Å². The van der Waals surface area contributed by atoms with Gasteiger partial charge in [0, 0.05) is 17.7 Å². The van der Waals surface area contributed by atoms with Gasteiger partial charge in [-0.2, -0.15) is 0 Å². The second-order valence-electron chi connectivity index (χ2n) is 3.64. The summed E-state index contributed by atoms with van der Waals surface area (Å²) in [5, 5.41) is 0.702. The zero-order chi connectivity index (χ0) is 13.0. The minimum atomic E-state index is -3.49. The number of benzene rings is 1. The Hall–Kier alpha value is -1.18. The number of sulfonamides is 1. The van der Waals surface area contributed by atoms with Crippen LogP contribution in [-0.2, 0) is 21.9 Å². The molecule has 0 aliphatic rings. The Balaban J connectivity index is 2.09. The molecular formula is C11H12BrN3O2S. The summed E-state index contributed by atoms with van der Waals surface area (Å²) in [6, 6.07) is 6.72. The Labute approximate surface area is 114 Å². The molecule has 0 bridgehead atoms. The molecule has 7 heteroatoms. The molecule has 1 aromatic carbocycles. The summed E-state index contributed by atoms with van der Waals surface area (Å²) in [6.45, 7) is 0.148. The van der Waals surface area contributed by atoms with E-state index in [9.17, 15) is 8.42 Å². The van der Waals surface area contributed by atoms with E-state index >= 15 is 0 Å². The summed E-state index contributed by atoms with van der Waals surface area (Å²) in [4.78, 5) is 7.04. The normalized spacial score (nSPS) is 11.6. The van der Waals surface area contributed by atoms with Crippen molar-refractivity contribution in [2.24, 2.45) is 0 Å². The Kier molecular flexibility index (Phi) is 4.15. The second kappa shape index (κ2) is 5.64. The summed E-state index contributed by atoms with van der Waals surface area (Å²) >= 11 is 3.31. The summed E-state index contributed by atoms with van der Waals surface area (Å²) in [7, 11) is -3.49. The molecule has 0 saturated heterocycles. The van der Waals surface area contributed by atoms with Crippen LogP contribution < -0.4 is 4.72 Å². The van der Waals surface area contributed by atoms with Gasteiger partial charge in [0.05, 0.1) is 11.4 Å². The quantitative estimate of drug-likeness (QED) is 0.821. The lowest BCUT2D eigenvalue weighted by Crippen LogP contribution is -2.23. The molecule has 0 amide bonds. The molecule has 96 valence electrons. The topological polar surface area (TPSA) is 74.8 Å². The first kappa shape index (κ1) is 13.3. The predicted octanol–water partition coefficient (Wildman–Crippen LogP) is 1.78. The summed E-state index contributed by atoms with van der Waals surface area (Å²) in [5.74, 6) is 0.579. The van der Waals surface area contributed by atoms with Gasteiger partial charge in [-0.3, -0.25) is 0 Å². The highest BCUT2D eigenvalue weighted by Gasteiger charge is 2.13.